The molecule has 11 heavy (non-hydrogen) atoms. The van der Waals surface area contributed by atoms with Crippen molar-refractivity contribution in [3.8, 4) is 10.7 Å². The largest absolute Gasteiger partial charge is 0.379 e. The second kappa shape index (κ2) is 2.31. The highest BCUT2D eigenvalue weighted by Gasteiger charge is 2.10. The fourth-order valence-corrected chi connectivity index (χ4v) is 1.31. The number of anilines is 1. The Morgan fingerprint density at radius 1 is 1.45 bits per heavy atom. The Balaban J connectivity index is 2.53. The second-order valence-corrected chi connectivity index (χ2v) is 2.73. The zero-order valence-electron chi connectivity index (χ0n) is 5.39. The van der Waals surface area contributed by atoms with Gasteiger partial charge in [0, 0.05) is 11.6 Å². The molecule has 0 amide bonds. The van der Waals surface area contributed by atoms with Crippen LogP contribution in [0, 0.1) is 0 Å². The number of aromatic nitrogens is 3. The first-order chi connectivity index (χ1) is 5.38. The van der Waals surface area contributed by atoms with Crippen molar-refractivity contribution in [2.45, 2.75) is 0 Å². The van der Waals surface area contributed by atoms with Crippen LogP contribution in [0.4, 0.5) is 5.82 Å². The van der Waals surface area contributed by atoms with Crippen molar-refractivity contribution >= 4 is 17.2 Å². The van der Waals surface area contributed by atoms with E-state index in [-0.39, 0.29) is 5.82 Å². The number of hydrogen-bond donors (Lipinski definition) is 1. The van der Waals surface area contributed by atoms with Gasteiger partial charge < -0.3 is 5.73 Å². The molecule has 0 bridgehead atoms. The molecule has 0 radical (unpaired) electrons. The van der Waals surface area contributed by atoms with Gasteiger partial charge in [-0.05, 0) is 10.3 Å². The van der Waals surface area contributed by atoms with Crippen LogP contribution in [0.3, 0.4) is 0 Å². The zero-order chi connectivity index (χ0) is 7.68. The predicted octanol–water partition coefficient (Wildman–Crippen LogP) is 0.775. The maximum absolute atomic E-state index is 5.43. The van der Waals surface area contributed by atoms with Gasteiger partial charge in [-0.3, -0.25) is 0 Å². The van der Waals surface area contributed by atoms with E-state index >= 15 is 0 Å². The molecule has 0 aliphatic carbocycles. The molecule has 2 aromatic rings. The predicted molar refractivity (Wildman–Crippen MR) is 39.8 cm³/mol. The van der Waals surface area contributed by atoms with Gasteiger partial charge >= 0.3 is 0 Å². The first-order valence-corrected chi connectivity index (χ1v) is 3.74. The molecular formula is C5H4N4OS. The van der Waals surface area contributed by atoms with Crippen molar-refractivity contribution < 1.29 is 4.63 Å². The minimum Gasteiger partial charge on any atom is -0.379 e. The first kappa shape index (κ1) is 6.29. The van der Waals surface area contributed by atoms with Gasteiger partial charge in [-0.25, -0.2) is 9.61 Å². The Morgan fingerprint density at radius 2 is 2.36 bits per heavy atom. The monoisotopic (exact) mass is 168 g/mol. The number of nitrogens with two attached hydrogens (primary N) is 1. The first-order valence-electron chi connectivity index (χ1n) is 2.86. The summed E-state index contributed by atoms with van der Waals surface area (Å²) in [5.41, 5.74) is 5.94. The summed E-state index contributed by atoms with van der Waals surface area (Å²) in [6.45, 7) is 0. The van der Waals surface area contributed by atoms with Crippen LogP contribution >= 0.6 is 11.3 Å². The van der Waals surface area contributed by atoms with E-state index in [0.29, 0.717) is 5.69 Å². The maximum Gasteiger partial charge on any atom is 0.198 e. The molecule has 0 atom stereocenters. The average Bonchev–Trinajstić information content (AvgIpc) is 2.55. The Hall–Kier alpha value is -1.43. The van der Waals surface area contributed by atoms with E-state index in [1.54, 1.807) is 6.20 Å². The lowest BCUT2D eigenvalue weighted by Crippen LogP contribution is -1.87. The fourth-order valence-electron chi connectivity index (χ4n) is 0.684. The van der Waals surface area contributed by atoms with Gasteiger partial charge in [-0.2, -0.15) is 0 Å². The van der Waals surface area contributed by atoms with Crippen molar-refractivity contribution in [3.63, 3.8) is 0 Å². The van der Waals surface area contributed by atoms with Crippen LogP contribution in [0.2, 0.25) is 0 Å². The van der Waals surface area contributed by atoms with Crippen molar-refractivity contribution in [2.75, 3.05) is 5.73 Å². The molecule has 0 saturated carbocycles. The molecule has 2 N–H and O–H groups in total. The summed E-state index contributed by atoms with van der Waals surface area (Å²) >= 11 is 1.44. The number of hydrogen-bond acceptors (Lipinski definition) is 6. The van der Waals surface area contributed by atoms with Crippen LogP contribution in [-0.2, 0) is 0 Å². The SMILES string of the molecule is Nc1nonc1-c1nccs1. The molecule has 2 aromatic heterocycles. The van der Waals surface area contributed by atoms with Crippen LogP contribution in [0.1, 0.15) is 0 Å². The summed E-state index contributed by atoms with van der Waals surface area (Å²) in [6.07, 6.45) is 1.67. The molecule has 0 aliphatic rings. The smallest absolute Gasteiger partial charge is 0.198 e. The third kappa shape index (κ3) is 0.966. The maximum atomic E-state index is 5.43. The summed E-state index contributed by atoms with van der Waals surface area (Å²) < 4.78 is 4.41. The van der Waals surface area contributed by atoms with Gasteiger partial charge in [-0.15, -0.1) is 11.3 Å². The van der Waals surface area contributed by atoms with Gasteiger partial charge in [0.25, 0.3) is 0 Å². The molecule has 56 valence electrons. The molecule has 2 rings (SSSR count). The Bertz CT molecular complexity index is 341. The quantitative estimate of drug-likeness (QED) is 0.680. The number of thiazole rings is 1. The Labute approximate surface area is 65.8 Å². The highest BCUT2D eigenvalue weighted by Crippen LogP contribution is 2.23. The van der Waals surface area contributed by atoms with E-state index in [9.17, 15) is 0 Å². The number of nitrogen functional groups attached to an aromatic ring is 1. The molecule has 5 nitrogen and oxygen atoms in total. The van der Waals surface area contributed by atoms with Crippen molar-refractivity contribution in [1.29, 1.82) is 0 Å². The van der Waals surface area contributed by atoms with Crippen LogP contribution in [0.15, 0.2) is 16.2 Å². The number of nitrogens with zero attached hydrogens (tertiary/aromatic N) is 3. The fraction of sp³-hybridized carbons (Fsp3) is 0. The summed E-state index contributed by atoms with van der Waals surface area (Å²) in [5.74, 6) is 0.278. The summed E-state index contributed by atoms with van der Waals surface area (Å²) in [4.78, 5) is 4.00. The van der Waals surface area contributed by atoms with Crippen LogP contribution in [-0.4, -0.2) is 15.3 Å². The minimum atomic E-state index is 0.278. The highest BCUT2D eigenvalue weighted by molar-refractivity contribution is 7.13. The lowest BCUT2D eigenvalue weighted by molar-refractivity contribution is 0.310. The number of rotatable bonds is 1. The highest BCUT2D eigenvalue weighted by atomic mass is 32.1. The molecular weight excluding hydrogens is 164 g/mol. The molecule has 0 spiro atoms. The minimum absolute atomic E-state index is 0.278. The second-order valence-electron chi connectivity index (χ2n) is 1.84. The molecule has 0 unspecified atom stereocenters. The van der Waals surface area contributed by atoms with Crippen molar-refractivity contribution in [3.05, 3.63) is 11.6 Å². The van der Waals surface area contributed by atoms with E-state index < -0.39 is 0 Å². The third-order valence-electron chi connectivity index (χ3n) is 1.15. The molecule has 6 heteroatoms. The van der Waals surface area contributed by atoms with Gasteiger partial charge in [0.15, 0.2) is 11.5 Å². The van der Waals surface area contributed by atoms with E-state index in [2.05, 4.69) is 19.9 Å². The van der Waals surface area contributed by atoms with E-state index in [0.717, 1.165) is 5.01 Å². The molecule has 0 aromatic carbocycles. The Morgan fingerprint density at radius 3 is 2.91 bits per heavy atom. The van der Waals surface area contributed by atoms with E-state index in [1.165, 1.54) is 11.3 Å². The summed E-state index contributed by atoms with van der Waals surface area (Å²) in [6, 6.07) is 0. The van der Waals surface area contributed by atoms with Crippen molar-refractivity contribution in [1.82, 2.24) is 15.3 Å². The van der Waals surface area contributed by atoms with Crippen molar-refractivity contribution in [2.24, 2.45) is 0 Å². The summed E-state index contributed by atoms with van der Waals surface area (Å²) in [7, 11) is 0. The lowest BCUT2D eigenvalue weighted by Gasteiger charge is -1.84. The van der Waals surface area contributed by atoms with E-state index in [4.69, 9.17) is 5.73 Å². The molecule has 0 saturated heterocycles. The summed E-state index contributed by atoms with van der Waals surface area (Å²) in [5, 5.41) is 9.59. The topological polar surface area (TPSA) is 77.8 Å². The van der Waals surface area contributed by atoms with Gasteiger partial charge in [0.1, 0.15) is 5.01 Å². The van der Waals surface area contributed by atoms with E-state index in [1.807, 2.05) is 5.38 Å². The zero-order valence-corrected chi connectivity index (χ0v) is 6.21. The van der Waals surface area contributed by atoms with Crippen LogP contribution in [0.25, 0.3) is 10.7 Å². The molecule has 0 fully saturated rings. The molecule has 0 aliphatic heterocycles. The third-order valence-corrected chi connectivity index (χ3v) is 1.93. The van der Waals surface area contributed by atoms with Gasteiger partial charge in [0.2, 0.25) is 0 Å². The molecule has 2 heterocycles. The van der Waals surface area contributed by atoms with Crippen LogP contribution < -0.4 is 5.73 Å². The average molecular weight is 168 g/mol. The van der Waals surface area contributed by atoms with Gasteiger partial charge in [-0.1, -0.05) is 0 Å². The van der Waals surface area contributed by atoms with Gasteiger partial charge in [0.05, 0.1) is 0 Å². The van der Waals surface area contributed by atoms with Crippen LogP contribution in [0.5, 0.6) is 0 Å². The normalized spacial score (nSPS) is 10.2. The Kier molecular flexibility index (Phi) is 1.32. The standard InChI is InChI=1S/C5H4N4OS/c6-4-3(8-10-9-4)5-7-1-2-11-5/h1-2H,(H2,6,9). The lowest BCUT2D eigenvalue weighted by atomic mass is 10.5.